The smallest absolute Gasteiger partial charge is 0.261 e. The monoisotopic (exact) mass is 291 g/mol. The zero-order valence-electron chi connectivity index (χ0n) is 10.6. The molecule has 2 atom stereocenters. The molecule has 1 aromatic heterocycles. The van der Waals surface area contributed by atoms with Crippen LogP contribution in [0.4, 0.5) is 0 Å². The molecule has 7 heteroatoms. The van der Waals surface area contributed by atoms with Crippen molar-refractivity contribution >= 4 is 21.6 Å². The fourth-order valence-electron chi connectivity index (χ4n) is 2.38. The van der Waals surface area contributed by atoms with E-state index in [4.69, 9.17) is 11.6 Å². The van der Waals surface area contributed by atoms with Gasteiger partial charge < -0.3 is 4.57 Å². The molecule has 0 aliphatic heterocycles. The Morgan fingerprint density at radius 1 is 1.56 bits per heavy atom. The van der Waals surface area contributed by atoms with Crippen molar-refractivity contribution in [1.82, 2.24) is 14.3 Å². The van der Waals surface area contributed by atoms with Crippen molar-refractivity contribution in [1.29, 1.82) is 0 Å². The molecule has 0 aromatic carbocycles. The molecule has 1 aliphatic carbocycles. The lowest BCUT2D eigenvalue weighted by Crippen LogP contribution is -2.30. The number of sulfonamides is 1. The van der Waals surface area contributed by atoms with Gasteiger partial charge in [0.2, 0.25) is 5.03 Å². The van der Waals surface area contributed by atoms with E-state index in [1.807, 2.05) is 0 Å². The first kappa shape index (κ1) is 13.8. The Labute approximate surface area is 113 Å². The summed E-state index contributed by atoms with van der Waals surface area (Å²) in [6.45, 7) is 2.64. The van der Waals surface area contributed by atoms with E-state index in [1.54, 1.807) is 7.05 Å². The van der Waals surface area contributed by atoms with Crippen LogP contribution in [-0.4, -0.2) is 24.5 Å². The number of nitrogens with zero attached hydrogens (tertiary/aromatic N) is 2. The molecule has 1 heterocycles. The molecule has 5 nitrogen and oxygen atoms in total. The maximum Gasteiger partial charge on any atom is 0.261 e. The molecule has 1 N–H and O–H groups in total. The summed E-state index contributed by atoms with van der Waals surface area (Å²) < 4.78 is 28.2. The summed E-state index contributed by atoms with van der Waals surface area (Å²) in [7, 11) is -1.93. The van der Waals surface area contributed by atoms with Crippen LogP contribution < -0.4 is 4.72 Å². The molecule has 1 aromatic rings. The third-order valence-corrected chi connectivity index (χ3v) is 5.58. The number of hydrogen-bond acceptors (Lipinski definition) is 3. The highest BCUT2D eigenvalue weighted by atomic mass is 35.5. The van der Waals surface area contributed by atoms with E-state index < -0.39 is 10.0 Å². The Hall–Kier alpha value is -0.590. The van der Waals surface area contributed by atoms with Gasteiger partial charge in [0, 0.05) is 13.6 Å². The second-order valence-electron chi connectivity index (χ2n) is 4.97. The summed E-state index contributed by atoms with van der Waals surface area (Å²) in [5.41, 5.74) is 0. The Balaban J connectivity index is 2.06. The van der Waals surface area contributed by atoms with Gasteiger partial charge in [-0.05, 0) is 18.3 Å². The lowest BCUT2D eigenvalue weighted by Gasteiger charge is -2.15. The van der Waals surface area contributed by atoms with Crippen LogP contribution in [0.1, 0.15) is 26.2 Å². The van der Waals surface area contributed by atoms with Crippen LogP contribution in [0.5, 0.6) is 0 Å². The topological polar surface area (TPSA) is 64.0 Å². The minimum atomic E-state index is -3.59. The number of aromatic nitrogens is 2. The fraction of sp³-hybridized carbons (Fsp3) is 0.727. The van der Waals surface area contributed by atoms with Crippen LogP contribution in [-0.2, 0) is 17.1 Å². The third kappa shape index (κ3) is 2.70. The van der Waals surface area contributed by atoms with Gasteiger partial charge in [-0.15, -0.1) is 0 Å². The minimum Gasteiger partial charge on any atom is -0.324 e. The lowest BCUT2D eigenvalue weighted by atomic mass is 9.99. The predicted octanol–water partition coefficient (Wildman–Crippen LogP) is 1.79. The molecule has 2 unspecified atom stereocenters. The zero-order valence-corrected chi connectivity index (χ0v) is 12.1. The Morgan fingerprint density at radius 3 is 2.78 bits per heavy atom. The van der Waals surface area contributed by atoms with E-state index in [1.165, 1.54) is 23.7 Å². The summed E-state index contributed by atoms with van der Waals surface area (Å²) >= 11 is 5.90. The SMILES string of the molecule is CC1CCCC1CNS(=O)(=O)c1ncn(C)c1Cl. The van der Waals surface area contributed by atoms with Gasteiger partial charge in [0.1, 0.15) is 5.15 Å². The molecule has 1 fully saturated rings. The van der Waals surface area contributed by atoms with Gasteiger partial charge in [0.25, 0.3) is 10.0 Å². The molecule has 1 aliphatic rings. The summed E-state index contributed by atoms with van der Waals surface area (Å²) in [4.78, 5) is 3.83. The van der Waals surface area contributed by atoms with Crippen molar-refractivity contribution in [3.05, 3.63) is 11.5 Å². The highest BCUT2D eigenvalue weighted by Gasteiger charge is 2.27. The molecule has 2 rings (SSSR count). The van der Waals surface area contributed by atoms with Crippen molar-refractivity contribution in [3.63, 3.8) is 0 Å². The Morgan fingerprint density at radius 2 is 2.28 bits per heavy atom. The van der Waals surface area contributed by atoms with Crippen molar-refractivity contribution in [2.75, 3.05) is 6.54 Å². The van der Waals surface area contributed by atoms with Gasteiger partial charge in [0.15, 0.2) is 0 Å². The fourth-order valence-corrected chi connectivity index (χ4v) is 3.90. The van der Waals surface area contributed by atoms with Crippen LogP contribution in [0, 0.1) is 11.8 Å². The maximum absolute atomic E-state index is 12.1. The number of aryl methyl sites for hydroxylation is 1. The van der Waals surface area contributed by atoms with Gasteiger partial charge >= 0.3 is 0 Å². The van der Waals surface area contributed by atoms with Crippen molar-refractivity contribution in [2.24, 2.45) is 18.9 Å². The molecule has 1 saturated carbocycles. The first-order valence-electron chi connectivity index (χ1n) is 6.08. The highest BCUT2D eigenvalue weighted by Crippen LogP contribution is 2.30. The quantitative estimate of drug-likeness (QED) is 0.920. The molecule has 0 bridgehead atoms. The van der Waals surface area contributed by atoms with Gasteiger partial charge in [0.05, 0.1) is 6.33 Å². The van der Waals surface area contributed by atoms with Crippen molar-refractivity contribution < 1.29 is 8.42 Å². The average molecular weight is 292 g/mol. The third-order valence-electron chi connectivity index (χ3n) is 3.66. The zero-order chi connectivity index (χ0) is 13.3. The summed E-state index contributed by atoms with van der Waals surface area (Å²) in [6, 6.07) is 0. The first-order chi connectivity index (χ1) is 8.42. The molecular weight excluding hydrogens is 274 g/mol. The molecule has 0 amide bonds. The second kappa shape index (κ2) is 5.19. The molecular formula is C11H18ClN3O2S. The van der Waals surface area contributed by atoms with E-state index in [9.17, 15) is 8.42 Å². The number of halogens is 1. The van der Waals surface area contributed by atoms with Gasteiger partial charge in [-0.3, -0.25) is 0 Å². The van der Waals surface area contributed by atoms with Gasteiger partial charge in [-0.25, -0.2) is 18.1 Å². The van der Waals surface area contributed by atoms with Crippen molar-refractivity contribution in [2.45, 2.75) is 31.2 Å². The molecule has 102 valence electrons. The summed E-state index contributed by atoms with van der Waals surface area (Å²) in [5, 5.41) is 0.0549. The largest absolute Gasteiger partial charge is 0.324 e. The van der Waals surface area contributed by atoms with Gasteiger partial charge in [-0.1, -0.05) is 31.4 Å². The number of rotatable bonds is 4. The molecule has 0 spiro atoms. The molecule has 18 heavy (non-hydrogen) atoms. The van der Waals surface area contributed by atoms with E-state index in [0.717, 1.165) is 6.42 Å². The Bertz CT molecular complexity index is 526. The first-order valence-corrected chi connectivity index (χ1v) is 7.94. The van der Waals surface area contributed by atoms with E-state index >= 15 is 0 Å². The van der Waals surface area contributed by atoms with E-state index in [-0.39, 0.29) is 10.2 Å². The van der Waals surface area contributed by atoms with Crippen LogP contribution in [0.3, 0.4) is 0 Å². The summed E-state index contributed by atoms with van der Waals surface area (Å²) in [6.07, 6.45) is 4.84. The number of nitrogens with one attached hydrogen (secondary N) is 1. The number of imidazole rings is 1. The average Bonchev–Trinajstić information content (AvgIpc) is 2.85. The summed E-state index contributed by atoms with van der Waals surface area (Å²) in [5.74, 6) is 0.995. The highest BCUT2D eigenvalue weighted by molar-refractivity contribution is 7.89. The normalized spacial score (nSPS) is 24.6. The van der Waals surface area contributed by atoms with Crippen LogP contribution >= 0.6 is 11.6 Å². The minimum absolute atomic E-state index is 0.0858. The molecule has 0 radical (unpaired) electrons. The van der Waals surface area contributed by atoms with Crippen LogP contribution in [0.2, 0.25) is 5.15 Å². The lowest BCUT2D eigenvalue weighted by molar-refractivity contribution is 0.414. The number of hydrogen-bond donors (Lipinski definition) is 1. The van der Waals surface area contributed by atoms with E-state index in [2.05, 4.69) is 16.6 Å². The second-order valence-corrected chi connectivity index (χ2v) is 7.01. The predicted molar refractivity (Wildman–Crippen MR) is 69.9 cm³/mol. The maximum atomic E-state index is 12.1. The van der Waals surface area contributed by atoms with Crippen LogP contribution in [0.25, 0.3) is 0 Å². The Kier molecular flexibility index (Phi) is 3.99. The standard InChI is InChI=1S/C11H18ClN3O2S/c1-8-4-3-5-9(8)6-14-18(16,17)11-10(12)15(2)7-13-11/h7-9,14H,3-6H2,1-2H3. The van der Waals surface area contributed by atoms with Crippen LogP contribution in [0.15, 0.2) is 11.4 Å². The van der Waals surface area contributed by atoms with Crippen molar-refractivity contribution in [3.8, 4) is 0 Å². The molecule has 0 saturated heterocycles. The van der Waals surface area contributed by atoms with Gasteiger partial charge in [-0.2, -0.15) is 0 Å². The van der Waals surface area contributed by atoms with E-state index in [0.29, 0.717) is 18.4 Å².